The van der Waals surface area contributed by atoms with Crippen LogP contribution in [0.15, 0.2) is 24.3 Å². The van der Waals surface area contributed by atoms with Gasteiger partial charge in [0.15, 0.2) is 0 Å². The molecule has 2 aliphatic rings. The van der Waals surface area contributed by atoms with E-state index in [0.29, 0.717) is 6.54 Å². The van der Waals surface area contributed by atoms with Gasteiger partial charge in [-0.3, -0.25) is 4.79 Å². The van der Waals surface area contributed by atoms with Gasteiger partial charge in [0, 0.05) is 19.1 Å². The van der Waals surface area contributed by atoms with Gasteiger partial charge in [-0.2, -0.15) is 0 Å². The number of carbonyl (C=O) groups is 1. The van der Waals surface area contributed by atoms with Crippen molar-refractivity contribution >= 4 is 5.91 Å². The van der Waals surface area contributed by atoms with Crippen LogP contribution < -0.4 is 5.32 Å². The second kappa shape index (κ2) is 5.17. The van der Waals surface area contributed by atoms with Gasteiger partial charge in [-0.05, 0) is 54.7 Å². The minimum atomic E-state index is -0.242. The number of aliphatic hydroxyl groups excluding tert-OH is 1. The molecule has 0 aliphatic heterocycles. The summed E-state index contributed by atoms with van der Waals surface area (Å²) in [6.45, 7) is 0.851. The van der Waals surface area contributed by atoms with Crippen molar-refractivity contribution in [2.75, 3.05) is 13.2 Å². The fraction of sp³-hybridized carbons (Fsp3) is 0.562. The molecule has 0 spiro atoms. The van der Waals surface area contributed by atoms with E-state index in [1.807, 2.05) is 6.07 Å². The fourth-order valence-corrected chi connectivity index (χ4v) is 2.93. The van der Waals surface area contributed by atoms with Gasteiger partial charge in [-0.25, -0.2) is 4.39 Å². The van der Waals surface area contributed by atoms with Crippen molar-refractivity contribution in [3.63, 3.8) is 0 Å². The Morgan fingerprint density at radius 3 is 2.90 bits per heavy atom. The number of hydrogen-bond acceptors (Lipinski definition) is 2. The Morgan fingerprint density at radius 1 is 1.45 bits per heavy atom. The van der Waals surface area contributed by atoms with Gasteiger partial charge in [0.25, 0.3) is 0 Å². The molecule has 2 aliphatic carbocycles. The van der Waals surface area contributed by atoms with Gasteiger partial charge < -0.3 is 10.4 Å². The maximum absolute atomic E-state index is 13.2. The number of halogens is 1. The van der Waals surface area contributed by atoms with Crippen LogP contribution in [-0.2, 0) is 4.79 Å². The Labute approximate surface area is 118 Å². The highest BCUT2D eigenvalue weighted by Crippen LogP contribution is 2.50. The number of rotatable bonds is 6. The Balaban J connectivity index is 1.50. The van der Waals surface area contributed by atoms with Crippen LogP contribution in [0.2, 0.25) is 0 Å². The molecule has 0 aromatic heterocycles. The third-order valence-corrected chi connectivity index (χ3v) is 4.64. The number of carbonyl (C=O) groups excluding carboxylic acids is 1. The van der Waals surface area contributed by atoms with Gasteiger partial charge >= 0.3 is 0 Å². The highest BCUT2D eigenvalue weighted by Gasteiger charge is 2.46. The fourth-order valence-electron chi connectivity index (χ4n) is 2.93. The van der Waals surface area contributed by atoms with E-state index in [9.17, 15) is 9.18 Å². The zero-order chi connectivity index (χ0) is 14.2. The Kier molecular flexibility index (Phi) is 3.50. The number of hydrogen-bond donors (Lipinski definition) is 2. The summed E-state index contributed by atoms with van der Waals surface area (Å²) in [7, 11) is 0. The average molecular weight is 277 g/mol. The first-order valence-electron chi connectivity index (χ1n) is 7.28. The lowest BCUT2D eigenvalue weighted by atomic mass is 10.0. The summed E-state index contributed by atoms with van der Waals surface area (Å²) in [5.74, 6) is -0.0164. The first-order valence-corrected chi connectivity index (χ1v) is 7.28. The first-order chi connectivity index (χ1) is 9.63. The van der Waals surface area contributed by atoms with Crippen molar-refractivity contribution in [2.24, 2.45) is 11.3 Å². The van der Waals surface area contributed by atoms with E-state index in [1.54, 1.807) is 6.07 Å². The van der Waals surface area contributed by atoms with Crippen LogP contribution in [0.5, 0.6) is 0 Å². The van der Waals surface area contributed by atoms with Crippen LogP contribution in [0.4, 0.5) is 4.39 Å². The summed E-state index contributed by atoms with van der Waals surface area (Å²) in [6, 6.07) is 6.52. The summed E-state index contributed by atoms with van der Waals surface area (Å²) in [4.78, 5) is 12.1. The molecule has 2 fully saturated rings. The standard InChI is InChI=1S/C16H20FNO2/c17-12-3-1-2-11(8-12)13-9-14(13)15(20)18-10-16(4-5-16)6-7-19/h1-3,8,13-14,19H,4-7,9-10H2,(H,18,20)/t13-,14-/m1/s1. The number of benzene rings is 1. The predicted molar refractivity (Wildman–Crippen MR) is 73.6 cm³/mol. The third kappa shape index (κ3) is 2.85. The molecule has 1 aromatic rings. The highest BCUT2D eigenvalue weighted by molar-refractivity contribution is 5.82. The van der Waals surface area contributed by atoms with Gasteiger partial charge in [0.1, 0.15) is 5.82 Å². The maximum atomic E-state index is 13.2. The van der Waals surface area contributed by atoms with Crippen LogP contribution in [-0.4, -0.2) is 24.2 Å². The normalized spacial score (nSPS) is 26.1. The molecule has 1 amide bonds. The molecule has 3 nitrogen and oxygen atoms in total. The maximum Gasteiger partial charge on any atom is 0.223 e. The molecule has 0 unspecified atom stereocenters. The Hall–Kier alpha value is -1.42. The lowest BCUT2D eigenvalue weighted by Crippen LogP contribution is -2.32. The molecule has 0 saturated heterocycles. The largest absolute Gasteiger partial charge is 0.396 e. The van der Waals surface area contributed by atoms with Crippen LogP contribution in [0.1, 0.15) is 37.2 Å². The van der Waals surface area contributed by atoms with Gasteiger partial charge in [-0.1, -0.05) is 12.1 Å². The van der Waals surface area contributed by atoms with Crippen molar-refractivity contribution < 1.29 is 14.3 Å². The summed E-state index contributed by atoms with van der Waals surface area (Å²) in [5, 5.41) is 12.0. The van der Waals surface area contributed by atoms with Crippen molar-refractivity contribution in [2.45, 2.75) is 31.6 Å². The molecule has 4 heteroatoms. The van der Waals surface area contributed by atoms with Crippen molar-refractivity contribution in [3.05, 3.63) is 35.6 Å². The second-order valence-electron chi connectivity index (χ2n) is 6.20. The monoisotopic (exact) mass is 277 g/mol. The highest BCUT2D eigenvalue weighted by atomic mass is 19.1. The Morgan fingerprint density at radius 2 is 2.25 bits per heavy atom. The van der Waals surface area contributed by atoms with Gasteiger partial charge in [0.05, 0.1) is 0 Å². The van der Waals surface area contributed by atoms with E-state index in [2.05, 4.69) is 5.32 Å². The van der Waals surface area contributed by atoms with E-state index in [-0.39, 0.29) is 35.6 Å². The smallest absolute Gasteiger partial charge is 0.223 e. The number of nitrogens with one attached hydrogen (secondary N) is 1. The molecular formula is C16H20FNO2. The van der Waals surface area contributed by atoms with E-state index < -0.39 is 0 Å². The zero-order valence-corrected chi connectivity index (χ0v) is 11.4. The average Bonchev–Trinajstić information content (AvgIpc) is 3.32. The summed E-state index contributed by atoms with van der Waals surface area (Å²) < 4.78 is 13.2. The molecule has 1 aromatic carbocycles. The summed E-state index contributed by atoms with van der Waals surface area (Å²) >= 11 is 0. The number of aliphatic hydroxyl groups is 1. The first kappa shape index (κ1) is 13.6. The van der Waals surface area contributed by atoms with Crippen LogP contribution >= 0.6 is 0 Å². The summed E-state index contributed by atoms with van der Waals surface area (Å²) in [5.41, 5.74) is 1.06. The SMILES string of the molecule is O=C(NCC1(CCO)CC1)[C@@H]1C[C@@H]1c1cccc(F)c1. The van der Waals surface area contributed by atoms with E-state index in [0.717, 1.165) is 31.2 Å². The minimum Gasteiger partial charge on any atom is -0.396 e. The molecule has 0 heterocycles. The second-order valence-corrected chi connectivity index (χ2v) is 6.20. The molecule has 2 N–H and O–H groups in total. The molecule has 2 atom stereocenters. The summed E-state index contributed by atoms with van der Waals surface area (Å²) in [6.07, 6.45) is 3.76. The van der Waals surface area contributed by atoms with E-state index in [1.165, 1.54) is 12.1 Å². The quantitative estimate of drug-likeness (QED) is 0.837. The number of amides is 1. The molecule has 2 saturated carbocycles. The van der Waals surface area contributed by atoms with Gasteiger partial charge in [-0.15, -0.1) is 0 Å². The van der Waals surface area contributed by atoms with E-state index in [4.69, 9.17) is 5.11 Å². The lowest BCUT2D eigenvalue weighted by molar-refractivity contribution is -0.122. The molecule has 3 rings (SSSR count). The predicted octanol–water partition coefficient (Wildman–Crippen LogP) is 2.21. The van der Waals surface area contributed by atoms with E-state index >= 15 is 0 Å². The molecule has 0 bridgehead atoms. The van der Waals surface area contributed by atoms with Crippen LogP contribution in [0.3, 0.4) is 0 Å². The van der Waals surface area contributed by atoms with Gasteiger partial charge in [0.2, 0.25) is 5.91 Å². The van der Waals surface area contributed by atoms with Crippen molar-refractivity contribution in [3.8, 4) is 0 Å². The van der Waals surface area contributed by atoms with Crippen LogP contribution in [0, 0.1) is 17.2 Å². The minimum absolute atomic E-state index is 0.0123. The Bertz CT molecular complexity index is 513. The van der Waals surface area contributed by atoms with Crippen LogP contribution in [0.25, 0.3) is 0 Å². The molecule has 20 heavy (non-hydrogen) atoms. The topological polar surface area (TPSA) is 49.3 Å². The molecule has 0 radical (unpaired) electrons. The van der Waals surface area contributed by atoms with Crippen molar-refractivity contribution in [1.29, 1.82) is 0 Å². The van der Waals surface area contributed by atoms with Crippen molar-refractivity contribution in [1.82, 2.24) is 5.32 Å². The third-order valence-electron chi connectivity index (χ3n) is 4.64. The lowest BCUT2D eigenvalue weighted by Gasteiger charge is -2.14. The zero-order valence-electron chi connectivity index (χ0n) is 11.4. The molecule has 108 valence electrons. The molecular weight excluding hydrogens is 257 g/mol.